The first-order valence-corrected chi connectivity index (χ1v) is 5.35. The molecule has 0 fully saturated rings. The van der Waals surface area contributed by atoms with Gasteiger partial charge in [0, 0.05) is 19.8 Å². The van der Waals surface area contributed by atoms with E-state index in [9.17, 15) is 18.0 Å². The number of hydrogen-bond donors (Lipinski definition) is 1. The van der Waals surface area contributed by atoms with Crippen LogP contribution in [0.5, 0.6) is 0 Å². The van der Waals surface area contributed by atoms with Crippen LogP contribution in [-0.4, -0.2) is 35.9 Å². The van der Waals surface area contributed by atoms with Crippen LogP contribution < -0.4 is 5.32 Å². The van der Waals surface area contributed by atoms with Crippen LogP contribution in [0.25, 0.3) is 0 Å². The van der Waals surface area contributed by atoms with E-state index < -0.39 is 11.7 Å². The fourth-order valence-electron chi connectivity index (χ4n) is 1.18. The molecule has 7 heteroatoms. The van der Waals surface area contributed by atoms with Crippen LogP contribution in [0, 0.1) is 0 Å². The van der Waals surface area contributed by atoms with Crippen molar-refractivity contribution < 1.29 is 18.0 Å². The Morgan fingerprint density at radius 3 is 2.72 bits per heavy atom. The van der Waals surface area contributed by atoms with E-state index in [2.05, 4.69) is 10.3 Å². The highest BCUT2D eigenvalue weighted by Crippen LogP contribution is 2.29. The van der Waals surface area contributed by atoms with E-state index in [1.165, 1.54) is 4.90 Å². The van der Waals surface area contributed by atoms with Crippen molar-refractivity contribution in [3.8, 4) is 0 Å². The van der Waals surface area contributed by atoms with Gasteiger partial charge in [-0.3, -0.25) is 4.79 Å². The second-order valence-electron chi connectivity index (χ2n) is 3.69. The molecular formula is C11H14F3N3O. The molecule has 0 aliphatic rings. The van der Waals surface area contributed by atoms with Crippen LogP contribution >= 0.6 is 0 Å². The Morgan fingerprint density at radius 2 is 2.17 bits per heavy atom. The number of pyridine rings is 1. The minimum absolute atomic E-state index is 0.0303. The summed E-state index contributed by atoms with van der Waals surface area (Å²) in [6, 6.07) is 1.75. The number of carbonyl (C=O) groups excluding carboxylic acids is 1. The second-order valence-corrected chi connectivity index (χ2v) is 3.69. The molecule has 18 heavy (non-hydrogen) atoms. The first-order chi connectivity index (χ1) is 8.34. The minimum Gasteiger partial charge on any atom is -0.361 e. The summed E-state index contributed by atoms with van der Waals surface area (Å²) >= 11 is 0. The number of aromatic nitrogens is 1. The Labute approximate surface area is 103 Å². The molecule has 1 amide bonds. The number of nitrogens with zero attached hydrogens (tertiary/aromatic N) is 2. The predicted molar refractivity (Wildman–Crippen MR) is 61.0 cm³/mol. The van der Waals surface area contributed by atoms with Crippen molar-refractivity contribution in [2.24, 2.45) is 0 Å². The Kier molecular flexibility index (Phi) is 4.52. The third-order valence-electron chi connectivity index (χ3n) is 2.41. The number of carbonyl (C=O) groups is 1. The highest BCUT2D eigenvalue weighted by Gasteiger charge is 2.30. The normalized spacial score (nSPS) is 11.2. The highest BCUT2D eigenvalue weighted by molar-refractivity contribution is 5.80. The van der Waals surface area contributed by atoms with Gasteiger partial charge in [0.1, 0.15) is 5.82 Å². The summed E-state index contributed by atoms with van der Waals surface area (Å²) in [6.07, 6.45) is -3.36. The van der Waals surface area contributed by atoms with Crippen LogP contribution in [-0.2, 0) is 11.0 Å². The quantitative estimate of drug-likeness (QED) is 0.901. The lowest BCUT2D eigenvalue weighted by atomic mass is 10.2. The van der Waals surface area contributed by atoms with Crippen molar-refractivity contribution in [2.45, 2.75) is 13.1 Å². The van der Waals surface area contributed by atoms with E-state index >= 15 is 0 Å². The molecule has 0 aromatic carbocycles. The zero-order valence-electron chi connectivity index (χ0n) is 10.1. The number of nitrogens with one attached hydrogen (secondary N) is 1. The molecule has 0 saturated heterocycles. The number of rotatable bonds is 4. The summed E-state index contributed by atoms with van der Waals surface area (Å²) in [7, 11) is 1.61. The zero-order valence-corrected chi connectivity index (χ0v) is 10.1. The molecular weight excluding hydrogens is 247 g/mol. The average molecular weight is 261 g/mol. The van der Waals surface area contributed by atoms with Crippen molar-refractivity contribution in [3.05, 3.63) is 23.9 Å². The molecule has 0 atom stereocenters. The molecule has 0 radical (unpaired) electrons. The molecule has 0 aliphatic carbocycles. The molecule has 1 aromatic rings. The van der Waals surface area contributed by atoms with Crippen molar-refractivity contribution in [2.75, 3.05) is 25.5 Å². The maximum atomic E-state index is 12.4. The summed E-state index contributed by atoms with van der Waals surface area (Å²) in [5.74, 6) is -0.181. The molecule has 0 spiro atoms. The van der Waals surface area contributed by atoms with Crippen molar-refractivity contribution >= 4 is 11.7 Å². The molecule has 1 aromatic heterocycles. The fraction of sp³-hybridized carbons (Fsp3) is 0.455. The van der Waals surface area contributed by atoms with Gasteiger partial charge in [-0.05, 0) is 19.1 Å². The number of anilines is 1. The lowest BCUT2D eigenvalue weighted by Crippen LogP contribution is -2.32. The number of halogens is 3. The first-order valence-electron chi connectivity index (χ1n) is 5.35. The topological polar surface area (TPSA) is 45.2 Å². The molecule has 100 valence electrons. The molecule has 0 bridgehead atoms. The van der Waals surface area contributed by atoms with E-state index in [4.69, 9.17) is 0 Å². The van der Waals surface area contributed by atoms with Gasteiger partial charge in [0.25, 0.3) is 0 Å². The van der Waals surface area contributed by atoms with Crippen LogP contribution in [0.15, 0.2) is 18.3 Å². The van der Waals surface area contributed by atoms with E-state index in [1.54, 1.807) is 14.0 Å². The molecule has 1 N–H and O–H groups in total. The number of alkyl halides is 3. The van der Waals surface area contributed by atoms with Gasteiger partial charge in [-0.25, -0.2) is 4.98 Å². The summed E-state index contributed by atoms with van der Waals surface area (Å²) < 4.78 is 37.3. The predicted octanol–water partition coefficient (Wildman–Crippen LogP) is 1.99. The minimum atomic E-state index is -4.41. The summed E-state index contributed by atoms with van der Waals surface area (Å²) in [5, 5.41) is 2.57. The number of amides is 1. The van der Waals surface area contributed by atoms with E-state index in [-0.39, 0.29) is 18.3 Å². The smallest absolute Gasteiger partial charge is 0.361 e. The lowest BCUT2D eigenvalue weighted by molar-refractivity contribution is -0.137. The van der Waals surface area contributed by atoms with Crippen molar-refractivity contribution in [3.63, 3.8) is 0 Å². The number of hydrogen-bond acceptors (Lipinski definition) is 3. The van der Waals surface area contributed by atoms with Crippen LogP contribution in [0.4, 0.5) is 19.0 Å². The van der Waals surface area contributed by atoms with Crippen LogP contribution in [0.2, 0.25) is 0 Å². The SMILES string of the molecule is CCN(C)C(=O)CNc1cc(C(F)(F)F)ccn1. The van der Waals surface area contributed by atoms with Gasteiger partial charge in [0.05, 0.1) is 12.1 Å². The van der Waals surface area contributed by atoms with Gasteiger partial charge in [-0.1, -0.05) is 0 Å². The fourth-order valence-corrected chi connectivity index (χ4v) is 1.18. The van der Waals surface area contributed by atoms with Gasteiger partial charge >= 0.3 is 6.18 Å². The summed E-state index contributed by atoms with van der Waals surface area (Å²) in [4.78, 5) is 16.6. The summed E-state index contributed by atoms with van der Waals surface area (Å²) in [5.41, 5.74) is -0.795. The van der Waals surface area contributed by atoms with Gasteiger partial charge < -0.3 is 10.2 Å². The third kappa shape index (κ3) is 3.90. The second kappa shape index (κ2) is 5.70. The lowest BCUT2D eigenvalue weighted by Gasteiger charge is -2.15. The molecule has 4 nitrogen and oxygen atoms in total. The third-order valence-corrected chi connectivity index (χ3v) is 2.41. The monoisotopic (exact) mass is 261 g/mol. The Hall–Kier alpha value is -1.79. The molecule has 1 heterocycles. The van der Waals surface area contributed by atoms with Gasteiger partial charge in [0.15, 0.2) is 0 Å². The standard InChI is InChI=1S/C11H14F3N3O/c1-3-17(2)10(18)7-16-9-6-8(4-5-15-9)11(12,13)14/h4-6H,3,7H2,1-2H3,(H,15,16). The number of likely N-dealkylation sites (N-methyl/N-ethyl adjacent to an activating group) is 1. The molecule has 0 aliphatic heterocycles. The molecule has 1 rings (SSSR count). The molecule has 0 saturated carbocycles. The van der Waals surface area contributed by atoms with Gasteiger partial charge in [0.2, 0.25) is 5.91 Å². The highest BCUT2D eigenvalue weighted by atomic mass is 19.4. The van der Waals surface area contributed by atoms with Crippen molar-refractivity contribution in [1.29, 1.82) is 0 Å². The summed E-state index contributed by atoms with van der Waals surface area (Å²) in [6.45, 7) is 2.26. The van der Waals surface area contributed by atoms with Gasteiger partial charge in [-0.2, -0.15) is 13.2 Å². The van der Waals surface area contributed by atoms with E-state index in [1.807, 2.05) is 0 Å². The van der Waals surface area contributed by atoms with E-state index in [0.717, 1.165) is 18.3 Å². The molecule has 0 unspecified atom stereocenters. The van der Waals surface area contributed by atoms with Crippen molar-refractivity contribution in [1.82, 2.24) is 9.88 Å². The van der Waals surface area contributed by atoms with Crippen LogP contribution in [0.1, 0.15) is 12.5 Å². The maximum absolute atomic E-state index is 12.4. The Morgan fingerprint density at radius 1 is 1.50 bits per heavy atom. The Balaban J connectivity index is 2.66. The van der Waals surface area contributed by atoms with E-state index in [0.29, 0.717) is 6.54 Å². The van der Waals surface area contributed by atoms with Gasteiger partial charge in [-0.15, -0.1) is 0 Å². The maximum Gasteiger partial charge on any atom is 0.416 e. The first kappa shape index (κ1) is 14.3. The Bertz CT molecular complexity index is 420. The largest absolute Gasteiger partial charge is 0.416 e. The average Bonchev–Trinajstić information content (AvgIpc) is 2.34. The van der Waals surface area contributed by atoms with Crippen LogP contribution in [0.3, 0.4) is 0 Å². The zero-order chi connectivity index (χ0) is 13.8.